The predicted molar refractivity (Wildman–Crippen MR) is 189 cm³/mol. The fraction of sp³-hybridized carbons (Fsp3) is 0.0476. The van der Waals surface area contributed by atoms with Gasteiger partial charge in [-0.3, -0.25) is 4.98 Å². The lowest BCUT2D eigenvalue weighted by molar-refractivity contribution is 1.18. The monoisotopic (exact) mass is 575 g/mol. The zero-order valence-electron chi connectivity index (χ0n) is 25.1. The summed E-state index contributed by atoms with van der Waals surface area (Å²) in [6.45, 7) is 4.30. The Balaban J connectivity index is 1.27. The van der Waals surface area contributed by atoms with E-state index in [-0.39, 0.29) is 0 Å². The lowest BCUT2D eigenvalue weighted by Gasteiger charge is -2.14. The molecule has 0 unspecified atom stereocenters. The van der Waals surface area contributed by atoms with Crippen LogP contribution in [0.2, 0.25) is 0 Å². The van der Waals surface area contributed by atoms with E-state index in [1.165, 1.54) is 43.7 Å². The van der Waals surface area contributed by atoms with Crippen LogP contribution < -0.4 is 0 Å². The van der Waals surface area contributed by atoms with Gasteiger partial charge >= 0.3 is 0 Å². The highest BCUT2D eigenvalue weighted by Crippen LogP contribution is 2.39. The fourth-order valence-corrected chi connectivity index (χ4v) is 7.03. The van der Waals surface area contributed by atoms with Crippen LogP contribution in [0.15, 0.2) is 140 Å². The van der Waals surface area contributed by atoms with Crippen LogP contribution in [0.1, 0.15) is 11.1 Å². The number of para-hydroxylation sites is 2. The molecule has 0 amide bonds. The van der Waals surface area contributed by atoms with E-state index in [1.807, 2.05) is 6.20 Å². The molecule has 0 saturated carbocycles. The maximum Gasteiger partial charge on any atom is 0.0979 e. The molecule has 2 aromatic heterocycles. The molecule has 0 aliphatic carbocycles. The first-order chi connectivity index (χ1) is 22.1. The van der Waals surface area contributed by atoms with Gasteiger partial charge in [-0.25, -0.2) is 4.98 Å². The van der Waals surface area contributed by atoms with Gasteiger partial charge in [-0.05, 0) is 66.1 Å². The molecule has 3 heteroatoms. The van der Waals surface area contributed by atoms with E-state index in [1.54, 1.807) is 0 Å². The van der Waals surface area contributed by atoms with Gasteiger partial charge in [-0.1, -0.05) is 114 Å². The molecule has 0 saturated heterocycles. The third kappa shape index (κ3) is 3.98. The second kappa shape index (κ2) is 9.87. The van der Waals surface area contributed by atoms with Crippen molar-refractivity contribution in [3.63, 3.8) is 0 Å². The van der Waals surface area contributed by atoms with Crippen LogP contribution in [-0.2, 0) is 0 Å². The topological polar surface area (TPSA) is 30.7 Å². The zero-order chi connectivity index (χ0) is 30.1. The second-order valence-electron chi connectivity index (χ2n) is 12.0. The lowest BCUT2D eigenvalue weighted by Crippen LogP contribution is -1.95. The van der Waals surface area contributed by atoms with Crippen LogP contribution in [0.3, 0.4) is 0 Å². The normalized spacial score (nSPS) is 11.8. The highest BCUT2D eigenvalue weighted by Gasteiger charge is 2.17. The SMILES string of the molecule is Cc1ccc2c(c1)c1cc(C)ccc1c1nc(-c3ccccc3-c3ccc4c(c3)c3ccccc3n4-c3ccccc3)cnc21. The summed E-state index contributed by atoms with van der Waals surface area (Å²) < 4.78 is 2.35. The summed E-state index contributed by atoms with van der Waals surface area (Å²) >= 11 is 0. The van der Waals surface area contributed by atoms with Crippen LogP contribution in [0.5, 0.6) is 0 Å². The average Bonchev–Trinajstić information content (AvgIpc) is 3.42. The summed E-state index contributed by atoms with van der Waals surface area (Å²) in [5.74, 6) is 0. The summed E-state index contributed by atoms with van der Waals surface area (Å²) in [6, 6.07) is 47.9. The summed E-state index contributed by atoms with van der Waals surface area (Å²) in [5, 5.41) is 7.20. The van der Waals surface area contributed by atoms with Crippen molar-refractivity contribution < 1.29 is 0 Å². The minimum absolute atomic E-state index is 0.873. The summed E-state index contributed by atoms with van der Waals surface area (Å²) in [4.78, 5) is 10.4. The third-order valence-electron chi connectivity index (χ3n) is 9.12. The molecule has 0 aliphatic heterocycles. The first-order valence-corrected chi connectivity index (χ1v) is 15.4. The maximum absolute atomic E-state index is 5.35. The molecule has 7 aromatic carbocycles. The first kappa shape index (κ1) is 25.7. The zero-order valence-corrected chi connectivity index (χ0v) is 25.1. The lowest BCUT2D eigenvalue weighted by atomic mass is 9.95. The molecule has 0 fully saturated rings. The van der Waals surface area contributed by atoms with Gasteiger partial charge in [0.1, 0.15) is 0 Å². The summed E-state index contributed by atoms with van der Waals surface area (Å²) in [7, 11) is 0. The van der Waals surface area contributed by atoms with Crippen LogP contribution >= 0.6 is 0 Å². The van der Waals surface area contributed by atoms with Crippen LogP contribution in [0.4, 0.5) is 0 Å². The number of rotatable bonds is 3. The Hall–Kier alpha value is -5.80. The van der Waals surface area contributed by atoms with Crippen LogP contribution in [0.25, 0.3) is 82.5 Å². The Morgan fingerprint density at radius 3 is 1.89 bits per heavy atom. The molecule has 0 bridgehead atoms. The van der Waals surface area contributed by atoms with Gasteiger partial charge < -0.3 is 4.57 Å². The summed E-state index contributed by atoms with van der Waals surface area (Å²) in [6.07, 6.45) is 1.94. The molecule has 0 aliphatic rings. The van der Waals surface area contributed by atoms with Crippen molar-refractivity contribution in [1.82, 2.24) is 14.5 Å². The molecule has 0 spiro atoms. The average molecular weight is 576 g/mol. The number of nitrogens with zero attached hydrogens (tertiary/aromatic N) is 3. The van der Waals surface area contributed by atoms with Gasteiger partial charge in [-0.15, -0.1) is 0 Å². The van der Waals surface area contributed by atoms with Crippen LogP contribution in [0, 0.1) is 13.8 Å². The van der Waals surface area contributed by atoms with E-state index in [4.69, 9.17) is 9.97 Å². The van der Waals surface area contributed by atoms with Gasteiger partial charge in [0.2, 0.25) is 0 Å². The van der Waals surface area contributed by atoms with E-state index in [9.17, 15) is 0 Å². The van der Waals surface area contributed by atoms with Crippen LogP contribution in [-0.4, -0.2) is 14.5 Å². The predicted octanol–water partition coefficient (Wildman–Crippen LogP) is 11.0. The Kier molecular flexibility index (Phi) is 5.63. The van der Waals surface area contributed by atoms with E-state index < -0.39 is 0 Å². The van der Waals surface area contributed by atoms with Crippen molar-refractivity contribution in [3.8, 4) is 28.1 Å². The second-order valence-corrected chi connectivity index (χ2v) is 12.0. The molecule has 212 valence electrons. The van der Waals surface area contributed by atoms with E-state index in [2.05, 4.69) is 152 Å². The van der Waals surface area contributed by atoms with E-state index in [0.29, 0.717) is 0 Å². The molecular weight excluding hydrogens is 546 g/mol. The number of hydrogen-bond donors (Lipinski definition) is 0. The standard InChI is InChI=1S/C42H29N3/c1-26-16-19-33-35(22-26)36-23-27(2)17-20-34(36)42-41(33)43-25-38(44-42)31-13-7-6-12-30(31)28-18-21-40-37(24-28)32-14-8-9-15-39(32)45(40)29-10-4-3-5-11-29/h3-25H,1-2H3. The number of aryl methyl sites for hydroxylation is 2. The first-order valence-electron chi connectivity index (χ1n) is 15.4. The van der Waals surface area contributed by atoms with Gasteiger partial charge in [0.05, 0.1) is 34.0 Å². The van der Waals surface area contributed by atoms with Crippen molar-refractivity contribution >= 4 is 54.4 Å². The van der Waals surface area contributed by atoms with Crippen molar-refractivity contribution in [3.05, 3.63) is 151 Å². The number of aromatic nitrogens is 3. The highest BCUT2D eigenvalue weighted by molar-refractivity contribution is 6.23. The Bertz CT molecular complexity index is 2610. The highest BCUT2D eigenvalue weighted by atomic mass is 15.0. The summed E-state index contributed by atoms with van der Waals surface area (Å²) in [5.41, 5.74) is 12.2. The molecule has 3 nitrogen and oxygen atoms in total. The van der Waals surface area contributed by atoms with Crippen molar-refractivity contribution in [2.75, 3.05) is 0 Å². The smallest absolute Gasteiger partial charge is 0.0979 e. The minimum Gasteiger partial charge on any atom is -0.309 e. The molecule has 9 rings (SSSR count). The Labute approximate surface area is 261 Å². The molecule has 45 heavy (non-hydrogen) atoms. The fourth-order valence-electron chi connectivity index (χ4n) is 7.03. The molecule has 0 N–H and O–H groups in total. The molecule has 9 aromatic rings. The quantitative estimate of drug-likeness (QED) is 0.196. The van der Waals surface area contributed by atoms with Gasteiger partial charge in [0, 0.05) is 32.8 Å². The van der Waals surface area contributed by atoms with E-state index >= 15 is 0 Å². The Morgan fingerprint density at radius 1 is 0.467 bits per heavy atom. The van der Waals surface area contributed by atoms with Crippen molar-refractivity contribution in [1.29, 1.82) is 0 Å². The molecule has 0 atom stereocenters. The van der Waals surface area contributed by atoms with E-state index in [0.717, 1.165) is 49.9 Å². The number of benzene rings is 7. The molecular formula is C42H29N3. The Morgan fingerprint density at radius 2 is 1.11 bits per heavy atom. The van der Waals surface area contributed by atoms with Gasteiger partial charge in [-0.2, -0.15) is 0 Å². The molecule has 0 radical (unpaired) electrons. The minimum atomic E-state index is 0.873. The van der Waals surface area contributed by atoms with Gasteiger partial charge in [0.25, 0.3) is 0 Å². The maximum atomic E-state index is 5.35. The number of fused-ring (bicyclic) bond motifs is 9. The number of hydrogen-bond acceptors (Lipinski definition) is 2. The van der Waals surface area contributed by atoms with Crippen molar-refractivity contribution in [2.24, 2.45) is 0 Å². The largest absolute Gasteiger partial charge is 0.309 e. The molecule has 2 heterocycles. The third-order valence-corrected chi connectivity index (χ3v) is 9.12. The van der Waals surface area contributed by atoms with Crippen molar-refractivity contribution in [2.45, 2.75) is 13.8 Å². The van der Waals surface area contributed by atoms with Gasteiger partial charge in [0.15, 0.2) is 0 Å².